The summed E-state index contributed by atoms with van der Waals surface area (Å²) < 4.78 is 1.93. The molecule has 28 heavy (non-hydrogen) atoms. The van der Waals surface area contributed by atoms with E-state index in [1.807, 2.05) is 41.2 Å². The third kappa shape index (κ3) is 3.44. The van der Waals surface area contributed by atoms with Crippen LogP contribution in [0, 0.1) is 0 Å². The molecule has 5 heteroatoms. The summed E-state index contributed by atoms with van der Waals surface area (Å²) in [4.78, 5) is 16.3. The molecule has 1 N–H and O–H groups in total. The molecule has 0 saturated heterocycles. The van der Waals surface area contributed by atoms with Crippen molar-refractivity contribution in [3.05, 3.63) is 53.7 Å². The van der Waals surface area contributed by atoms with Crippen molar-refractivity contribution in [2.75, 3.05) is 0 Å². The van der Waals surface area contributed by atoms with E-state index in [1.54, 1.807) is 6.08 Å². The average Bonchev–Trinajstić information content (AvgIpc) is 3.15. The molecule has 0 amide bonds. The fourth-order valence-electron chi connectivity index (χ4n) is 4.33. The molecular formula is C23H25N3O2. The van der Waals surface area contributed by atoms with Gasteiger partial charge in [0.1, 0.15) is 0 Å². The molecule has 1 aliphatic rings. The molecule has 0 radical (unpaired) electrons. The number of aromatic nitrogens is 3. The van der Waals surface area contributed by atoms with Crippen molar-refractivity contribution in [2.45, 2.75) is 51.5 Å². The van der Waals surface area contributed by atoms with E-state index in [0.29, 0.717) is 5.92 Å². The molecule has 1 aromatic carbocycles. The first-order valence-electron chi connectivity index (χ1n) is 10.0. The van der Waals surface area contributed by atoms with E-state index in [-0.39, 0.29) is 0 Å². The molecule has 0 bridgehead atoms. The van der Waals surface area contributed by atoms with Crippen LogP contribution in [0.25, 0.3) is 28.4 Å². The van der Waals surface area contributed by atoms with Crippen molar-refractivity contribution in [3.8, 4) is 11.3 Å². The van der Waals surface area contributed by atoms with Crippen LogP contribution >= 0.6 is 0 Å². The normalized spacial score (nSPS) is 15.5. The number of aliphatic carboxylic acids is 1. The Bertz CT molecular complexity index is 1020. The second-order valence-electron chi connectivity index (χ2n) is 7.36. The van der Waals surface area contributed by atoms with Gasteiger partial charge in [-0.15, -0.1) is 0 Å². The van der Waals surface area contributed by atoms with E-state index in [0.717, 1.165) is 47.2 Å². The average molecular weight is 375 g/mol. The first-order chi connectivity index (χ1) is 13.7. The maximum absolute atomic E-state index is 11.3. The van der Waals surface area contributed by atoms with Gasteiger partial charge in [0.25, 0.3) is 0 Å². The summed E-state index contributed by atoms with van der Waals surface area (Å²) in [6, 6.07) is 10.0. The van der Waals surface area contributed by atoms with Crippen molar-refractivity contribution in [1.82, 2.24) is 14.8 Å². The maximum atomic E-state index is 11.3. The first-order valence-corrected chi connectivity index (χ1v) is 10.0. The van der Waals surface area contributed by atoms with Gasteiger partial charge in [-0.3, -0.25) is 0 Å². The number of hydrogen-bond donors (Lipinski definition) is 1. The third-order valence-corrected chi connectivity index (χ3v) is 5.62. The molecule has 5 nitrogen and oxygen atoms in total. The van der Waals surface area contributed by atoms with Crippen molar-refractivity contribution < 1.29 is 9.90 Å². The quantitative estimate of drug-likeness (QED) is 0.617. The predicted molar refractivity (Wildman–Crippen MR) is 111 cm³/mol. The number of carbonyl (C=O) groups is 1. The van der Waals surface area contributed by atoms with E-state index >= 15 is 0 Å². The lowest BCUT2D eigenvalue weighted by atomic mass is 9.80. The topological polar surface area (TPSA) is 68.0 Å². The molecule has 3 aromatic rings. The number of benzene rings is 1. The van der Waals surface area contributed by atoms with E-state index in [2.05, 4.69) is 12.0 Å². The van der Waals surface area contributed by atoms with E-state index in [4.69, 9.17) is 4.98 Å². The third-order valence-electron chi connectivity index (χ3n) is 5.62. The van der Waals surface area contributed by atoms with Crippen LogP contribution in [0.1, 0.15) is 56.1 Å². The highest BCUT2D eigenvalue weighted by molar-refractivity contribution is 5.93. The number of fused-ring (bicyclic) bond motifs is 1. The molecule has 0 aliphatic heterocycles. The monoisotopic (exact) mass is 375 g/mol. The standard InChI is InChI=1S/C23H25N3O2/c1-2-26-23-19(15-24-26)21(16-9-5-3-6-10-16)18(13-14-20(27)28)22(25-23)17-11-7-4-8-12-17/h4,7-8,11-16H,2-3,5-6,9-10H2,1H3,(H,27,28). The van der Waals surface area contributed by atoms with Gasteiger partial charge in [0, 0.05) is 29.1 Å². The van der Waals surface area contributed by atoms with Gasteiger partial charge in [0.05, 0.1) is 11.9 Å². The first kappa shape index (κ1) is 18.4. The van der Waals surface area contributed by atoms with Crippen molar-refractivity contribution in [2.24, 2.45) is 0 Å². The summed E-state index contributed by atoms with van der Waals surface area (Å²) in [6.07, 6.45) is 10.8. The molecule has 1 fully saturated rings. The molecule has 4 rings (SSSR count). The highest BCUT2D eigenvalue weighted by atomic mass is 16.4. The fourth-order valence-corrected chi connectivity index (χ4v) is 4.33. The molecular weight excluding hydrogens is 350 g/mol. The van der Waals surface area contributed by atoms with Crippen LogP contribution in [0.3, 0.4) is 0 Å². The van der Waals surface area contributed by atoms with Crippen LogP contribution in [-0.2, 0) is 11.3 Å². The van der Waals surface area contributed by atoms with Gasteiger partial charge in [0.2, 0.25) is 0 Å². The highest BCUT2D eigenvalue weighted by Gasteiger charge is 2.25. The molecule has 0 spiro atoms. The molecule has 1 aliphatic carbocycles. The zero-order valence-electron chi connectivity index (χ0n) is 16.1. The summed E-state index contributed by atoms with van der Waals surface area (Å²) in [5.41, 5.74) is 4.84. The van der Waals surface area contributed by atoms with E-state index in [9.17, 15) is 9.90 Å². The van der Waals surface area contributed by atoms with Crippen LogP contribution in [0.4, 0.5) is 0 Å². The van der Waals surface area contributed by atoms with Gasteiger partial charge in [-0.05, 0) is 37.3 Å². The van der Waals surface area contributed by atoms with Crippen molar-refractivity contribution >= 4 is 23.1 Å². The fraction of sp³-hybridized carbons (Fsp3) is 0.348. The van der Waals surface area contributed by atoms with E-state index in [1.165, 1.54) is 30.9 Å². The van der Waals surface area contributed by atoms with Gasteiger partial charge in [-0.25, -0.2) is 14.5 Å². The number of carboxylic acid groups (broad SMARTS) is 1. The smallest absolute Gasteiger partial charge is 0.328 e. The molecule has 1 saturated carbocycles. The number of pyridine rings is 1. The van der Waals surface area contributed by atoms with Crippen LogP contribution in [0.2, 0.25) is 0 Å². The molecule has 2 aromatic heterocycles. The Kier molecular flexibility index (Phi) is 5.24. The van der Waals surface area contributed by atoms with Crippen molar-refractivity contribution in [3.63, 3.8) is 0 Å². The minimum Gasteiger partial charge on any atom is -0.478 e. The number of nitrogens with zero attached hydrogens (tertiary/aromatic N) is 3. The number of aryl methyl sites for hydroxylation is 1. The lowest BCUT2D eigenvalue weighted by Gasteiger charge is -2.25. The minimum atomic E-state index is -0.946. The Morgan fingerprint density at radius 2 is 1.96 bits per heavy atom. The number of rotatable bonds is 5. The summed E-state index contributed by atoms with van der Waals surface area (Å²) >= 11 is 0. The Labute approximate surface area is 164 Å². The lowest BCUT2D eigenvalue weighted by Crippen LogP contribution is -2.09. The summed E-state index contributed by atoms with van der Waals surface area (Å²) in [5.74, 6) is -0.539. The van der Waals surface area contributed by atoms with Crippen LogP contribution in [0.15, 0.2) is 42.6 Å². The van der Waals surface area contributed by atoms with Gasteiger partial charge in [-0.1, -0.05) is 49.6 Å². The molecule has 0 atom stereocenters. The Balaban J connectivity index is 2.04. The molecule has 0 unspecified atom stereocenters. The Morgan fingerprint density at radius 3 is 2.64 bits per heavy atom. The maximum Gasteiger partial charge on any atom is 0.328 e. The number of carboxylic acids is 1. The second-order valence-corrected chi connectivity index (χ2v) is 7.36. The minimum absolute atomic E-state index is 0.407. The molecule has 144 valence electrons. The summed E-state index contributed by atoms with van der Waals surface area (Å²) in [7, 11) is 0. The van der Waals surface area contributed by atoms with E-state index < -0.39 is 5.97 Å². The van der Waals surface area contributed by atoms with Gasteiger partial charge >= 0.3 is 5.97 Å². The number of hydrogen-bond acceptors (Lipinski definition) is 3. The van der Waals surface area contributed by atoms with Gasteiger partial charge < -0.3 is 5.11 Å². The predicted octanol–water partition coefficient (Wildman–Crippen LogP) is 5.26. The summed E-state index contributed by atoms with van der Waals surface area (Å²) in [6.45, 7) is 2.81. The lowest BCUT2D eigenvalue weighted by molar-refractivity contribution is -0.131. The Hall–Kier alpha value is -2.95. The molecule has 2 heterocycles. The van der Waals surface area contributed by atoms with Crippen molar-refractivity contribution in [1.29, 1.82) is 0 Å². The van der Waals surface area contributed by atoms with Crippen LogP contribution < -0.4 is 0 Å². The van der Waals surface area contributed by atoms with Crippen LogP contribution in [-0.4, -0.2) is 25.8 Å². The summed E-state index contributed by atoms with van der Waals surface area (Å²) in [5, 5.41) is 14.9. The Morgan fingerprint density at radius 1 is 1.21 bits per heavy atom. The van der Waals surface area contributed by atoms with Gasteiger partial charge in [0.15, 0.2) is 5.65 Å². The SMILES string of the molecule is CCn1ncc2c(C3CCCCC3)c(C=CC(=O)O)c(-c3ccccc3)nc21. The van der Waals surface area contributed by atoms with Crippen LogP contribution in [0.5, 0.6) is 0 Å². The zero-order valence-corrected chi connectivity index (χ0v) is 16.1. The second kappa shape index (κ2) is 7.97. The highest BCUT2D eigenvalue weighted by Crippen LogP contribution is 2.41. The van der Waals surface area contributed by atoms with Gasteiger partial charge in [-0.2, -0.15) is 5.10 Å². The zero-order chi connectivity index (χ0) is 19.5. The largest absolute Gasteiger partial charge is 0.478 e.